The lowest BCUT2D eigenvalue weighted by molar-refractivity contribution is 0.363. The van der Waals surface area contributed by atoms with Gasteiger partial charge < -0.3 is 5.32 Å². The minimum atomic E-state index is 0.472. The van der Waals surface area contributed by atoms with E-state index >= 15 is 0 Å². The Kier molecular flexibility index (Phi) is 3.34. The zero-order valence-corrected chi connectivity index (χ0v) is 10.7. The van der Waals surface area contributed by atoms with Crippen molar-refractivity contribution in [3.8, 4) is 0 Å². The van der Waals surface area contributed by atoms with Crippen molar-refractivity contribution in [2.75, 3.05) is 13.1 Å². The van der Waals surface area contributed by atoms with Crippen LogP contribution >= 0.6 is 0 Å². The van der Waals surface area contributed by atoms with Crippen molar-refractivity contribution in [1.82, 2.24) is 5.32 Å². The monoisotopic (exact) mass is 217 g/mol. The van der Waals surface area contributed by atoms with Gasteiger partial charge in [-0.1, -0.05) is 45.0 Å². The molecule has 1 heteroatoms. The van der Waals surface area contributed by atoms with E-state index in [1.807, 2.05) is 0 Å². The Bertz CT molecular complexity index is 331. The quantitative estimate of drug-likeness (QED) is 0.818. The van der Waals surface area contributed by atoms with Gasteiger partial charge in [-0.25, -0.2) is 0 Å². The van der Waals surface area contributed by atoms with E-state index in [4.69, 9.17) is 0 Å². The van der Waals surface area contributed by atoms with Gasteiger partial charge in [-0.05, 0) is 41.8 Å². The van der Waals surface area contributed by atoms with Crippen molar-refractivity contribution in [3.05, 3.63) is 35.4 Å². The van der Waals surface area contributed by atoms with Gasteiger partial charge in [0.25, 0.3) is 0 Å². The first-order valence-electron chi connectivity index (χ1n) is 6.39. The summed E-state index contributed by atoms with van der Waals surface area (Å²) in [5.41, 5.74) is 3.40. The van der Waals surface area contributed by atoms with Gasteiger partial charge in [0, 0.05) is 6.54 Å². The topological polar surface area (TPSA) is 12.0 Å². The second kappa shape index (κ2) is 4.58. The van der Waals surface area contributed by atoms with E-state index < -0.39 is 0 Å². The molecule has 2 rings (SSSR count). The van der Waals surface area contributed by atoms with Gasteiger partial charge in [-0.3, -0.25) is 0 Å². The number of hydrogen-bond donors (Lipinski definition) is 1. The molecule has 1 aromatic carbocycles. The Balaban J connectivity index is 2.05. The van der Waals surface area contributed by atoms with Crippen molar-refractivity contribution < 1.29 is 0 Å². The van der Waals surface area contributed by atoms with Crippen molar-refractivity contribution >= 4 is 0 Å². The lowest BCUT2D eigenvalue weighted by Crippen LogP contribution is -2.22. The van der Waals surface area contributed by atoms with Gasteiger partial charge in [-0.15, -0.1) is 0 Å². The Morgan fingerprint density at radius 1 is 1.25 bits per heavy atom. The molecule has 0 spiro atoms. The fourth-order valence-corrected chi connectivity index (χ4v) is 2.53. The number of benzene rings is 1. The van der Waals surface area contributed by atoms with E-state index in [0.29, 0.717) is 11.3 Å². The highest BCUT2D eigenvalue weighted by Gasteiger charge is 2.28. The van der Waals surface area contributed by atoms with Crippen LogP contribution in [0.1, 0.15) is 44.2 Å². The molecular weight excluding hydrogens is 194 g/mol. The summed E-state index contributed by atoms with van der Waals surface area (Å²) in [7, 11) is 0. The maximum atomic E-state index is 3.46. The third-order valence-electron chi connectivity index (χ3n) is 3.73. The fourth-order valence-electron chi connectivity index (χ4n) is 2.53. The molecule has 0 aromatic heterocycles. The zero-order chi connectivity index (χ0) is 11.6. The van der Waals surface area contributed by atoms with Crippen LogP contribution in [0.2, 0.25) is 0 Å². The van der Waals surface area contributed by atoms with Gasteiger partial charge >= 0.3 is 0 Å². The van der Waals surface area contributed by atoms with Crippen LogP contribution in [0.25, 0.3) is 0 Å². The Morgan fingerprint density at radius 2 is 1.94 bits per heavy atom. The molecule has 0 radical (unpaired) electrons. The van der Waals surface area contributed by atoms with Crippen molar-refractivity contribution in [3.63, 3.8) is 0 Å². The summed E-state index contributed by atoms with van der Waals surface area (Å²) in [4.78, 5) is 0. The molecule has 0 aliphatic carbocycles. The van der Waals surface area contributed by atoms with E-state index in [2.05, 4.69) is 50.4 Å². The van der Waals surface area contributed by atoms with Crippen molar-refractivity contribution in [1.29, 1.82) is 0 Å². The van der Waals surface area contributed by atoms with Crippen LogP contribution in [0.5, 0.6) is 0 Å². The average molecular weight is 217 g/mol. The number of rotatable bonds is 3. The van der Waals surface area contributed by atoms with Crippen LogP contribution in [0, 0.1) is 5.41 Å². The third-order valence-corrected chi connectivity index (χ3v) is 3.73. The predicted molar refractivity (Wildman–Crippen MR) is 69.8 cm³/mol. The summed E-state index contributed by atoms with van der Waals surface area (Å²) < 4.78 is 0. The lowest BCUT2D eigenvalue weighted by atomic mass is 9.82. The normalized spacial score (nSPS) is 25.2. The summed E-state index contributed by atoms with van der Waals surface area (Å²) in [6, 6.07) is 9.18. The molecule has 1 aromatic rings. The van der Waals surface area contributed by atoms with Crippen molar-refractivity contribution in [2.45, 2.75) is 39.5 Å². The third kappa shape index (κ3) is 2.65. The average Bonchev–Trinajstić information content (AvgIpc) is 2.65. The van der Waals surface area contributed by atoms with Crippen LogP contribution in [0.3, 0.4) is 0 Å². The molecule has 1 saturated heterocycles. The summed E-state index contributed by atoms with van der Waals surface area (Å²) in [5.74, 6) is 0.637. The first-order chi connectivity index (χ1) is 7.59. The maximum Gasteiger partial charge on any atom is 0.000883 e. The molecule has 16 heavy (non-hydrogen) atoms. The van der Waals surface area contributed by atoms with E-state index in [1.165, 1.54) is 37.1 Å². The van der Waals surface area contributed by atoms with Crippen LogP contribution in [0.4, 0.5) is 0 Å². The zero-order valence-electron chi connectivity index (χ0n) is 10.7. The van der Waals surface area contributed by atoms with Gasteiger partial charge in [-0.2, -0.15) is 0 Å². The molecule has 0 amide bonds. The fraction of sp³-hybridized carbons (Fsp3) is 0.600. The molecule has 1 unspecified atom stereocenters. The second-order valence-electron chi connectivity index (χ2n) is 5.81. The standard InChI is InChI=1S/C15H23N/c1-12(2)14-6-4-13(5-7-14)10-15(3)8-9-16-11-15/h4-7,12,16H,8-11H2,1-3H3. The minimum Gasteiger partial charge on any atom is -0.316 e. The Labute approximate surface area is 99.3 Å². The molecule has 1 fully saturated rings. The highest BCUT2D eigenvalue weighted by Crippen LogP contribution is 2.29. The summed E-state index contributed by atoms with van der Waals surface area (Å²) in [6.45, 7) is 9.23. The Morgan fingerprint density at radius 3 is 2.44 bits per heavy atom. The predicted octanol–water partition coefficient (Wildman–Crippen LogP) is 3.35. The van der Waals surface area contributed by atoms with E-state index in [1.54, 1.807) is 0 Å². The van der Waals surface area contributed by atoms with Crippen LogP contribution in [-0.4, -0.2) is 13.1 Å². The molecule has 1 nitrogen and oxygen atoms in total. The molecule has 1 aliphatic rings. The second-order valence-corrected chi connectivity index (χ2v) is 5.81. The smallest absolute Gasteiger partial charge is 0.000883 e. The number of hydrogen-bond acceptors (Lipinski definition) is 1. The van der Waals surface area contributed by atoms with Gasteiger partial charge in [0.1, 0.15) is 0 Å². The highest BCUT2D eigenvalue weighted by molar-refractivity contribution is 5.25. The van der Waals surface area contributed by atoms with Gasteiger partial charge in [0.15, 0.2) is 0 Å². The van der Waals surface area contributed by atoms with E-state index in [9.17, 15) is 0 Å². The summed E-state index contributed by atoms with van der Waals surface area (Å²) >= 11 is 0. The first kappa shape index (κ1) is 11.7. The van der Waals surface area contributed by atoms with Crippen LogP contribution in [0.15, 0.2) is 24.3 Å². The molecule has 0 saturated carbocycles. The molecular formula is C15H23N. The van der Waals surface area contributed by atoms with E-state index in [0.717, 1.165) is 0 Å². The molecule has 0 bridgehead atoms. The summed E-state index contributed by atoms with van der Waals surface area (Å²) in [5, 5.41) is 3.46. The molecule has 1 atom stereocenters. The molecule has 1 heterocycles. The summed E-state index contributed by atoms with van der Waals surface area (Å²) in [6.07, 6.45) is 2.51. The van der Waals surface area contributed by atoms with Gasteiger partial charge in [0.2, 0.25) is 0 Å². The van der Waals surface area contributed by atoms with E-state index in [-0.39, 0.29) is 0 Å². The maximum absolute atomic E-state index is 3.46. The van der Waals surface area contributed by atoms with Crippen molar-refractivity contribution in [2.24, 2.45) is 5.41 Å². The van der Waals surface area contributed by atoms with Gasteiger partial charge in [0.05, 0.1) is 0 Å². The van der Waals surface area contributed by atoms with Crippen LogP contribution < -0.4 is 5.32 Å². The largest absolute Gasteiger partial charge is 0.316 e. The van der Waals surface area contributed by atoms with Crippen LogP contribution in [-0.2, 0) is 6.42 Å². The molecule has 88 valence electrons. The molecule has 1 N–H and O–H groups in total. The highest BCUT2D eigenvalue weighted by atomic mass is 14.9. The first-order valence-corrected chi connectivity index (χ1v) is 6.39. The number of nitrogens with one attached hydrogen (secondary N) is 1. The SMILES string of the molecule is CC(C)c1ccc(CC2(C)CCNC2)cc1. The molecule has 1 aliphatic heterocycles. The minimum absolute atomic E-state index is 0.472. The lowest BCUT2D eigenvalue weighted by Gasteiger charge is -2.22. The Hall–Kier alpha value is -0.820.